The topological polar surface area (TPSA) is 59.6 Å². The van der Waals surface area contributed by atoms with E-state index in [1.165, 1.54) is 0 Å². The van der Waals surface area contributed by atoms with Crippen LogP contribution in [0.1, 0.15) is 38.1 Å². The van der Waals surface area contributed by atoms with Gasteiger partial charge in [0.1, 0.15) is 11.5 Å². The molecular formula is C20H24N2O3S. The van der Waals surface area contributed by atoms with Gasteiger partial charge in [-0.05, 0) is 76.3 Å². The highest BCUT2D eigenvalue weighted by Gasteiger charge is 2.14. The number of benzene rings is 2. The maximum absolute atomic E-state index is 12.5. The molecule has 6 heteroatoms. The highest BCUT2D eigenvalue weighted by atomic mass is 32.1. The van der Waals surface area contributed by atoms with Crippen LogP contribution in [0.25, 0.3) is 0 Å². The number of hydrogen-bond donors (Lipinski definition) is 2. The quantitative estimate of drug-likeness (QED) is 0.737. The molecule has 1 amide bonds. The minimum atomic E-state index is -0.321. The molecule has 0 saturated heterocycles. The summed E-state index contributed by atoms with van der Waals surface area (Å²) in [5, 5.41) is 5.88. The van der Waals surface area contributed by atoms with E-state index < -0.39 is 0 Å². The summed E-state index contributed by atoms with van der Waals surface area (Å²) in [4.78, 5) is 12.5. The average Bonchev–Trinajstić information content (AvgIpc) is 2.56. The molecule has 2 aromatic rings. The molecule has 0 bridgehead atoms. The van der Waals surface area contributed by atoms with Crippen molar-refractivity contribution in [2.75, 3.05) is 5.32 Å². The largest absolute Gasteiger partial charge is 0.491 e. The van der Waals surface area contributed by atoms with Gasteiger partial charge in [0.2, 0.25) is 0 Å². The zero-order chi connectivity index (χ0) is 19.1. The minimum absolute atomic E-state index is 0.0272. The lowest BCUT2D eigenvalue weighted by atomic mass is 10.2. The van der Waals surface area contributed by atoms with E-state index in [0.717, 1.165) is 11.4 Å². The monoisotopic (exact) mass is 372 g/mol. The predicted molar refractivity (Wildman–Crippen MR) is 108 cm³/mol. The Bertz CT molecular complexity index is 758. The van der Waals surface area contributed by atoms with E-state index >= 15 is 0 Å². The maximum atomic E-state index is 12.5. The highest BCUT2D eigenvalue weighted by Crippen LogP contribution is 2.20. The fourth-order valence-electron chi connectivity index (χ4n) is 2.23. The van der Waals surface area contributed by atoms with Crippen molar-refractivity contribution in [1.82, 2.24) is 5.32 Å². The third kappa shape index (κ3) is 6.04. The van der Waals surface area contributed by atoms with Gasteiger partial charge in [-0.25, -0.2) is 0 Å². The van der Waals surface area contributed by atoms with Gasteiger partial charge in [0.25, 0.3) is 5.91 Å². The molecule has 26 heavy (non-hydrogen) atoms. The number of nitrogens with one attached hydrogen (secondary N) is 2. The second-order valence-electron chi connectivity index (χ2n) is 6.26. The van der Waals surface area contributed by atoms with E-state index in [4.69, 9.17) is 21.7 Å². The van der Waals surface area contributed by atoms with Crippen LogP contribution in [0.5, 0.6) is 11.5 Å². The van der Waals surface area contributed by atoms with Crippen LogP contribution >= 0.6 is 12.2 Å². The van der Waals surface area contributed by atoms with Crippen LogP contribution < -0.4 is 20.1 Å². The molecular weight excluding hydrogens is 348 g/mol. The molecule has 5 nitrogen and oxygen atoms in total. The van der Waals surface area contributed by atoms with E-state index in [1.807, 2.05) is 58.0 Å². The van der Waals surface area contributed by atoms with Crippen LogP contribution in [0.3, 0.4) is 0 Å². The number of carbonyl (C=O) groups is 1. The van der Waals surface area contributed by atoms with Gasteiger partial charge in [0, 0.05) is 5.69 Å². The van der Waals surface area contributed by atoms with Crippen LogP contribution in [-0.2, 0) is 0 Å². The first-order valence-electron chi connectivity index (χ1n) is 8.50. The second kappa shape index (κ2) is 9.20. The Morgan fingerprint density at radius 3 is 2.15 bits per heavy atom. The Morgan fingerprint density at radius 1 is 0.923 bits per heavy atom. The van der Waals surface area contributed by atoms with Crippen LogP contribution in [0.15, 0.2) is 48.5 Å². The number of ether oxygens (including phenoxy) is 2. The van der Waals surface area contributed by atoms with Gasteiger partial charge in [-0.2, -0.15) is 0 Å². The molecule has 2 rings (SSSR count). The van der Waals surface area contributed by atoms with Crippen molar-refractivity contribution < 1.29 is 14.3 Å². The van der Waals surface area contributed by atoms with Crippen molar-refractivity contribution in [3.63, 3.8) is 0 Å². The number of carbonyl (C=O) groups excluding carboxylic acids is 1. The van der Waals surface area contributed by atoms with Crippen LogP contribution in [-0.4, -0.2) is 23.2 Å². The zero-order valence-corrected chi connectivity index (χ0v) is 16.2. The van der Waals surface area contributed by atoms with E-state index in [9.17, 15) is 4.79 Å². The first kappa shape index (κ1) is 19.7. The van der Waals surface area contributed by atoms with Crippen LogP contribution in [0, 0.1) is 0 Å². The minimum Gasteiger partial charge on any atom is -0.491 e. The molecule has 0 atom stereocenters. The van der Waals surface area contributed by atoms with Gasteiger partial charge < -0.3 is 14.8 Å². The summed E-state index contributed by atoms with van der Waals surface area (Å²) in [6, 6.07) is 14.4. The first-order valence-corrected chi connectivity index (χ1v) is 8.90. The number of hydrogen-bond acceptors (Lipinski definition) is 4. The van der Waals surface area contributed by atoms with Gasteiger partial charge in [-0.15, -0.1) is 0 Å². The summed E-state index contributed by atoms with van der Waals surface area (Å²) in [7, 11) is 0. The summed E-state index contributed by atoms with van der Waals surface area (Å²) in [5.41, 5.74) is 1.20. The maximum Gasteiger partial charge on any atom is 0.261 e. The van der Waals surface area contributed by atoms with Crippen molar-refractivity contribution in [2.24, 2.45) is 0 Å². The molecule has 2 aromatic carbocycles. The van der Waals surface area contributed by atoms with Crippen molar-refractivity contribution >= 4 is 28.9 Å². The first-order chi connectivity index (χ1) is 12.3. The lowest BCUT2D eigenvalue weighted by molar-refractivity contribution is 0.0972. The van der Waals surface area contributed by atoms with Gasteiger partial charge in [-0.3, -0.25) is 10.1 Å². The molecule has 0 unspecified atom stereocenters. The van der Waals surface area contributed by atoms with Crippen molar-refractivity contribution in [3.8, 4) is 11.5 Å². The number of anilines is 1. The molecule has 0 aliphatic carbocycles. The fourth-order valence-corrected chi connectivity index (χ4v) is 2.44. The van der Waals surface area contributed by atoms with E-state index in [-0.39, 0.29) is 23.2 Å². The standard InChI is InChI=1S/C20H24N2O3S/c1-13(2)24-16-11-9-15(10-12-16)21-20(26)22-19(23)17-7-5-6-8-18(17)25-14(3)4/h5-14H,1-4H3,(H2,21,22,23,26). The molecule has 138 valence electrons. The van der Waals surface area contributed by atoms with Crippen molar-refractivity contribution in [2.45, 2.75) is 39.9 Å². The highest BCUT2D eigenvalue weighted by molar-refractivity contribution is 7.80. The predicted octanol–water partition coefficient (Wildman–Crippen LogP) is 4.39. The van der Waals surface area contributed by atoms with Gasteiger partial charge in [-0.1, -0.05) is 12.1 Å². The average molecular weight is 372 g/mol. The normalized spacial score (nSPS) is 10.5. The zero-order valence-electron chi connectivity index (χ0n) is 15.4. The molecule has 0 aliphatic heterocycles. The van der Waals surface area contributed by atoms with Crippen molar-refractivity contribution in [1.29, 1.82) is 0 Å². The van der Waals surface area contributed by atoms with Crippen molar-refractivity contribution in [3.05, 3.63) is 54.1 Å². The van der Waals surface area contributed by atoms with E-state index in [2.05, 4.69) is 10.6 Å². The summed E-state index contributed by atoms with van der Waals surface area (Å²) in [6.45, 7) is 7.76. The molecule has 0 heterocycles. The van der Waals surface area contributed by atoms with Gasteiger partial charge in [0.05, 0.1) is 17.8 Å². The number of thiocarbonyl (C=S) groups is 1. The molecule has 0 radical (unpaired) electrons. The molecule has 0 spiro atoms. The van der Waals surface area contributed by atoms with Gasteiger partial charge >= 0.3 is 0 Å². The molecule has 0 aromatic heterocycles. The summed E-state index contributed by atoms with van der Waals surface area (Å²) in [6.07, 6.45) is 0.0860. The summed E-state index contributed by atoms with van der Waals surface area (Å²) >= 11 is 5.23. The lowest BCUT2D eigenvalue weighted by Crippen LogP contribution is -2.34. The molecule has 0 fully saturated rings. The third-order valence-electron chi connectivity index (χ3n) is 3.21. The SMILES string of the molecule is CC(C)Oc1ccc(NC(=S)NC(=O)c2ccccc2OC(C)C)cc1. The lowest BCUT2D eigenvalue weighted by Gasteiger charge is -2.15. The molecule has 0 saturated carbocycles. The summed E-state index contributed by atoms with van der Waals surface area (Å²) in [5.74, 6) is 0.983. The Labute approximate surface area is 159 Å². The van der Waals surface area contributed by atoms with E-state index in [1.54, 1.807) is 18.2 Å². The number of para-hydroxylation sites is 1. The second-order valence-corrected chi connectivity index (χ2v) is 6.67. The van der Waals surface area contributed by atoms with Crippen LogP contribution in [0.4, 0.5) is 5.69 Å². The Kier molecular flexibility index (Phi) is 6.97. The molecule has 0 aliphatic rings. The fraction of sp³-hybridized carbons (Fsp3) is 0.300. The Balaban J connectivity index is 1.98. The van der Waals surface area contributed by atoms with E-state index in [0.29, 0.717) is 11.3 Å². The smallest absolute Gasteiger partial charge is 0.261 e. The number of rotatable bonds is 6. The Morgan fingerprint density at radius 2 is 1.54 bits per heavy atom. The van der Waals surface area contributed by atoms with Gasteiger partial charge in [0.15, 0.2) is 5.11 Å². The molecule has 2 N–H and O–H groups in total. The Hall–Kier alpha value is -2.60. The number of amides is 1. The summed E-state index contributed by atoms with van der Waals surface area (Å²) < 4.78 is 11.3. The van der Waals surface area contributed by atoms with Crippen LogP contribution in [0.2, 0.25) is 0 Å². The third-order valence-corrected chi connectivity index (χ3v) is 3.41.